The van der Waals surface area contributed by atoms with E-state index in [1.54, 1.807) is 32.9 Å². The molecule has 1 heterocycles. The molecule has 7 N–H and O–H groups in total. The number of alkyl carbamates (subject to hydrolysis) is 1. The average molecular weight is 695 g/mol. The van der Waals surface area contributed by atoms with Gasteiger partial charge in [0.05, 0.1) is 6.54 Å². The van der Waals surface area contributed by atoms with Gasteiger partial charge in [0.2, 0.25) is 29.5 Å². The molecule has 0 aromatic heterocycles. The number of benzene rings is 2. The summed E-state index contributed by atoms with van der Waals surface area (Å²) in [6.07, 6.45) is 1.98. The predicted octanol–water partition coefficient (Wildman–Crippen LogP) is 1.82. The molecule has 50 heavy (non-hydrogen) atoms. The van der Waals surface area contributed by atoms with Crippen molar-refractivity contribution >= 4 is 35.6 Å². The van der Waals surface area contributed by atoms with Gasteiger partial charge in [0.15, 0.2) is 0 Å². The van der Waals surface area contributed by atoms with E-state index in [-0.39, 0.29) is 25.0 Å². The van der Waals surface area contributed by atoms with Gasteiger partial charge in [0.25, 0.3) is 0 Å². The number of carbonyl (C=O) groups is 6. The molecule has 2 aromatic rings. The molecule has 14 heteroatoms. The van der Waals surface area contributed by atoms with Crippen molar-refractivity contribution < 1.29 is 38.6 Å². The number of primary amides is 1. The van der Waals surface area contributed by atoms with Crippen molar-refractivity contribution in [1.29, 1.82) is 0 Å². The first-order valence-corrected chi connectivity index (χ1v) is 17.0. The summed E-state index contributed by atoms with van der Waals surface area (Å²) in [7, 11) is 0. The molecule has 1 fully saturated rings. The zero-order valence-corrected chi connectivity index (χ0v) is 29.2. The van der Waals surface area contributed by atoms with E-state index in [0.29, 0.717) is 31.4 Å². The molecule has 0 spiro atoms. The van der Waals surface area contributed by atoms with Crippen LogP contribution in [-0.4, -0.2) is 88.5 Å². The molecule has 0 saturated carbocycles. The van der Waals surface area contributed by atoms with Crippen molar-refractivity contribution in [2.45, 2.75) is 102 Å². The van der Waals surface area contributed by atoms with Crippen molar-refractivity contribution in [2.24, 2.45) is 5.73 Å². The maximum absolute atomic E-state index is 13.6. The van der Waals surface area contributed by atoms with E-state index in [2.05, 4.69) is 21.3 Å². The fourth-order valence-electron chi connectivity index (χ4n) is 5.59. The summed E-state index contributed by atoms with van der Waals surface area (Å²) in [5, 5.41) is 20.2. The van der Waals surface area contributed by atoms with Gasteiger partial charge in [-0.25, -0.2) is 4.79 Å². The highest BCUT2D eigenvalue weighted by molar-refractivity contribution is 5.95. The second kappa shape index (κ2) is 18.6. The van der Waals surface area contributed by atoms with E-state index in [1.165, 1.54) is 17.0 Å². The number of unbranched alkanes of at least 4 members (excludes halogenated alkanes) is 1. The lowest BCUT2D eigenvalue weighted by Gasteiger charge is -2.28. The third-order valence-electron chi connectivity index (χ3n) is 8.07. The van der Waals surface area contributed by atoms with Crippen LogP contribution in [0, 0.1) is 0 Å². The van der Waals surface area contributed by atoms with Crippen LogP contribution in [0.4, 0.5) is 4.79 Å². The normalized spacial score (nSPS) is 16.0. The third kappa shape index (κ3) is 12.7. The number of amides is 6. The molecule has 0 unspecified atom stereocenters. The Morgan fingerprint density at radius 2 is 1.52 bits per heavy atom. The third-order valence-corrected chi connectivity index (χ3v) is 8.07. The summed E-state index contributed by atoms with van der Waals surface area (Å²) in [5.74, 6) is -2.92. The average Bonchev–Trinajstić information content (AvgIpc) is 3.56. The first kappa shape index (κ1) is 39.3. The highest BCUT2D eigenvalue weighted by Crippen LogP contribution is 2.19. The number of ether oxygens (including phenoxy) is 1. The zero-order chi connectivity index (χ0) is 36.8. The number of carbonyl (C=O) groups excluding carboxylic acids is 6. The number of phenolic OH excluding ortho intramolecular Hbond substituents is 1. The van der Waals surface area contributed by atoms with Gasteiger partial charge in [-0.2, -0.15) is 0 Å². The minimum Gasteiger partial charge on any atom is -0.508 e. The standard InChI is InChI=1S/C36H50N6O8/c1-5-6-13-26(40-33(47)27(41-35(49)50-36(2,3)4)20-24-15-17-25(43)18-16-24)32(46)38-22-30(44)39-28(21-23-11-8-7-9-12-23)34(48)42-19-10-14-29(42)31(37)45/h7-9,11-12,15-18,26-29,43H,5-6,10,13-14,19-22H2,1-4H3,(H2,37,45)(H,38,46)(H,39,44)(H,40,47)(H,41,49)/t26-,27+,28+,29+/m1/s1. The van der Waals surface area contributed by atoms with Gasteiger partial charge in [-0.3, -0.25) is 24.0 Å². The zero-order valence-electron chi connectivity index (χ0n) is 29.2. The van der Waals surface area contributed by atoms with Gasteiger partial charge in [-0.1, -0.05) is 62.2 Å². The molecule has 4 atom stereocenters. The second-order valence-electron chi connectivity index (χ2n) is 13.4. The molecule has 1 aliphatic rings. The molecular formula is C36H50N6O8. The van der Waals surface area contributed by atoms with Crippen molar-refractivity contribution in [3.05, 3.63) is 65.7 Å². The molecule has 1 aliphatic heterocycles. The maximum atomic E-state index is 13.6. The molecule has 0 radical (unpaired) electrons. The number of aromatic hydroxyl groups is 1. The largest absolute Gasteiger partial charge is 0.508 e. The van der Waals surface area contributed by atoms with Crippen LogP contribution >= 0.6 is 0 Å². The molecule has 0 bridgehead atoms. The first-order valence-electron chi connectivity index (χ1n) is 17.0. The monoisotopic (exact) mass is 694 g/mol. The summed E-state index contributed by atoms with van der Waals surface area (Å²) in [6.45, 7) is 6.84. The molecule has 6 amide bonds. The fourth-order valence-corrected chi connectivity index (χ4v) is 5.59. The Hall–Kier alpha value is -5.14. The van der Waals surface area contributed by atoms with Crippen LogP contribution in [0.2, 0.25) is 0 Å². The lowest BCUT2D eigenvalue weighted by molar-refractivity contribution is -0.140. The van der Waals surface area contributed by atoms with Gasteiger partial charge in [-0.15, -0.1) is 0 Å². The van der Waals surface area contributed by atoms with Crippen molar-refractivity contribution in [3.63, 3.8) is 0 Å². The van der Waals surface area contributed by atoms with Gasteiger partial charge in [0.1, 0.15) is 35.5 Å². The lowest BCUT2D eigenvalue weighted by Crippen LogP contribution is -2.57. The van der Waals surface area contributed by atoms with Crippen molar-refractivity contribution in [1.82, 2.24) is 26.2 Å². The van der Waals surface area contributed by atoms with Crippen LogP contribution in [0.25, 0.3) is 0 Å². The highest BCUT2D eigenvalue weighted by atomic mass is 16.6. The number of rotatable bonds is 16. The molecule has 1 saturated heterocycles. The smallest absolute Gasteiger partial charge is 0.408 e. The topological polar surface area (TPSA) is 209 Å². The van der Waals surface area contributed by atoms with E-state index in [0.717, 1.165) is 12.0 Å². The summed E-state index contributed by atoms with van der Waals surface area (Å²) < 4.78 is 5.35. The Morgan fingerprint density at radius 1 is 0.880 bits per heavy atom. The van der Waals surface area contributed by atoms with Gasteiger partial charge >= 0.3 is 6.09 Å². The Morgan fingerprint density at radius 3 is 2.14 bits per heavy atom. The van der Waals surface area contributed by atoms with Crippen molar-refractivity contribution in [2.75, 3.05) is 13.1 Å². The van der Waals surface area contributed by atoms with E-state index in [9.17, 15) is 33.9 Å². The van der Waals surface area contributed by atoms with Crippen molar-refractivity contribution in [3.8, 4) is 5.75 Å². The summed E-state index contributed by atoms with van der Waals surface area (Å²) in [4.78, 5) is 79.7. The number of likely N-dealkylation sites (tertiary alicyclic amines) is 1. The van der Waals surface area contributed by atoms with Crippen LogP contribution in [0.5, 0.6) is 5.75 Å². The number of hydrogen-bond acceptors (Lipinski definition) is 8. The number of nitrogens with zero attached hydrogens (tertiary/aromatic N) is 1. The van der Waals surface area contributed by atoms with Gasteiger partial charge < -0.3 is 41.7 Å². The Balaban J connectivity index is 1.70. The minimum absolute atomic E-state index is 0.0387. The number of phenols is 1. The molecule has 14 nitrogen and oxygen atoms in total. The van der Waals surface area contributed by atoms with Gasteiger partial charge in [0, 0.05) is 19.4 Å². The predicted molar refractivity (Wildman–Crippen MR) is 185 cm³/mol. The van der Waals surface area contributed by atoms with E-state index < -0.39 is 71.9 Å². The van der Waals surface area contributed by atoms with E-state index >= 15 is 0 Å². The van der Waals surface area contributed by atoms with Crippen LogP contribution < -0.4 is 27.0 Å². The van der Waals surface area contributed by atoms with Crippen LogP contribution in [0.1, 0.15) is 70.9 Å². The first-order chi connectivity index (χ1) is 23.7. The number of nitrogens with two attached hydrogens (primary N) is 1. The minimum atomic E-state index is -1.13. The van der Waals surface area contributed by atoms with E-state index in [4.69, 9.17) is 10.5 Å². The van der Waals surface area contributed by atoms with E-state index in [1.807, 2.05) is 37.3 Å². The molecule has 3 rings (SSSR count). The van der Waals surface area contributed by atoms with Crippen LogP contribution in [-0.2, 0) is 41.6 Å². The maximum Gasteiger partial charge on any atom is 0.408 e. The molecule has 272 valence electrons. The molecule has 2 aromatic carbocycles. The number of nitrogens with one attached hydrogen (secondary N) is 4. The second-order valence-corrected chi connectivity index (χ2v) is 13.4. The van der Waals surface area contributed by atoms with Crippen LogP contribution in [0.15, 0.2) is 54.6 Å². The Bertz CT molecular complexity index is 1480. The Kier molecular flexibility index (Phi) is 14.6. The van der Waals surface area contributed by atoms with Gasteiger partial charge in [-0.05, 0) is 63.3 Å². The molecular weight excluding hydrogens is 644 g/mol. The quantitative estimate of drug-likeness (QED) is 0.152. The summed E-state index contributed by atoms with van der Waals surface area (Å²) >= 11 is 0. The Labute approximate surface area is 292 Å². The fraction of sp³-hybridized carbons (Fsp3) is 0.500. The van der Waals surface area contributed by atoms with Crippen LogP contribution in [0.3, 0.4) is 0 Å². The highest BCUT2D eigenvalue weighted by Gasteiger charge is 2.37. The summed E-state index contributed by atoms with van der Waals surface area (Å²) in [6, 6.07) is 11.3. The number of hydrogen-bond donors (Lipinski definition) is 6. The SMILES string of the molecule is CCCC[C@@H](NC(=O)[C@H](Cc1ccc(O)cc1)NC(=O)OC(C)(C)C)C(=O)NCC(=O)N[C@@H](Cc1ccccc1)C(=O)N1CCC[C@H]1C(N)=O. The summed E-state index contributed by atoms with van der Waals surface area (Å²) in [5.41, 5.74) is 6.14. The lowest BCUT2D eigenvalue weighted by atomic mass is 10.0. The molecule has 0 aliphatic carbocycles.